The van der Waals surface area contributed by atoms with Crippen molar-refractivity contribution in [3.63, 3.8) is 0 Å². The quantitative estimate of drug-likeness (QED) is 0.674. The Morgan fingerprint density at radius 3 is 2.38 bits per heavy atom. The van der Waals surface area contributed by atoms with Crippen LogP contribution in [-0.4, -0.2) is 5.11 Å². The smallest absolute Gasteiger partial charge is 0.172 e. The van der Waals surface area contributed by atoms with E-state index in [1.807, 2.05) is 5.38 Å². The predicted molar refractivity (Wildman–Crippen MR) is 40.4 cm³/mol. The lowest BCUT2D eigenvalue weighted by atomic mass is 10.7. The van der Waals surface area contributed by atoms with Crippen LogP contribution >= 0.6 is 27.3 Å². The Hall–Kier alpha value is -0.0200. The van der Waals surface area contributed by atoms with Crippen LogP contribution in [0.4, 0.5) is 0 Å². The summed E-state index contributed by atoms with van der Waals surface area (Å²) in [7, 11) is 0. The number of hydrogen-bond acceptors (Lipinski definition) is 2. The summed E-state index contributed by atoms with van der Waals surface area (Å²) in [6, 6.07) is 1.66. The zero-order chi connectivity index (χ0) is 5.28. The van der Waals surface area contributed by atoms with E-state index in [-0.39, 0.29) is 7.43 Å². The Kier molecular flexibility index (Phi) is 3.09. The van der Waals surface area contributed by atoms with Crippen molar-refractivity contribution in [2.24, 2.45) is 0 Å². The molecular weight excluding hydrogens is 188 g/mol. The van der Waals surface area contributed by atoms with Gasteiger partial charge in [-0.1, -0.05) is 7.43 Å². The van der Waals surface area contributed by atoms with Crippen LogP contribution in [0.15, 0.2) is 15.9 Å². The second kappa shape index (κ2) is 3.10. The van der Waals surface area contributed by atoms with Crippen LogP contribution in [0.1, 0.15) is 7.43 Å². The number of halogens is 1. The van der Waals surface area contributed by atoms with Gasteiger partial charge in [-0.2, -0.15) is 0 Å². The van der Waals surface area contributed by atoms with Gasteiger partial charge in [0.15, 0.2) is 5.06 Å². The molecule has 46 valence electrons. The molecule has 0 amide bonds. The average molecular weight is 195 g/mol. The van der Waals surface area contributed by atoms with Gasteiger partial charge in [0.25, 0.3) is 0 Å². The van der Waals surface area contributed by atoms with Crippen LogP contribution in [-0.2, 0) is 0 Å². The van der Waals surface area contributed by atoms with E-state index in [1.54, 1.807) is 6.07 Å². The lowest BCUT2D eigenvalue weighted by Gasteiger charge is -1.69. The number of rotatable bonds is 0. The fraction of sp³-hybridized carbons (Fsp3) is 0.200. The molecule has 0 aromatic carbocycles. The maximum absolute atomic E-state index is 8.64. The molecule has 1 rings (SSSR count). The lowest BCUT2D eigenvalue weighted by Crippen LogP contribution is -1.41. The fourth-order valence-corrected chi connectivity index (χ4v) is 1.45. The summed E-state index contributed by atoms with van der Waals surface area (Å²) in [5.41, 5.74) is 0. The standard InChI is InChI=1S/C4H3BrOS.CH4/c5-3-1-4(6)7-2-3;/h1-2,6H;1H4. The summed E-state index contributed by atoms with van der Waals surface area (Å²) in [6.45, 7) is 0. The summed E-state index contributed by atoms with van der Waals surface area (Å²) >= 11 is 4.50. The predicted octanol–water partition coefficient (Wildman–Crippen LogP) is 2.85. The molecule has 1 nitrogen and oxygen atoms in total. The third-order valence-electron chi connectivity index (χ3n) is 0.554. The van der Waals surface area contributed by atoms with Gasteiger partial charge in [-0.3, -0.25) is 0 Å². The van der Waals surface area contributed by atoms with Crippen molar-refractivity contribution in [2.45, 2.75) is 7.43 Å². The molecule has 1 aromatic heterocycles. The maximum Gasteiger partial charge on any atom is 0.172 e. The first kappa shape index (κ1) is 7.98. The van der Waals surface area contributed by atoms with Gasteiger partial charge in [0.2, 0.25) is 0 Å². The summed E-state index contributed by atoms with van der Waals surface area (Å²) < 4.78 is 0.940. The second-order valence-electron chi connectivity index (χ2n) is 1.10. The van der Waals surface area contributed by atoms with E-state index < -0.39 is 0 Å². The maximum atomic E-state index is 8.64. The van der Waals surface area contributed by atoms with Gasteiger partial charge in [-0.05, 0) is 15.9 Å². The minimum atomic E-state index is 0. The van der Waals surface area contributed by atoms with Crippen LogP contribution in [0, 0.1) is 0 Å². The zero-order valence-electron chi connectivity index (χ0n) is 3.39. The molecular formula is C5H7BrOS. The van der Waals surface area contributed by atoms with Crippen molar-refractivity contribution in [1.82, 2.24) is 0 Å². The molecule has 0 bridgehead atoms. The van der Waals surface area contributed by atoms with E-state index in [2.05, 4.69) is 15.9 Å². The highest BCUT2D eigenvalue weighted by Crippen LogP contribution is 2.24. The molecule has 0 atom stereocenters. The van der Waals surface area contributed by atoms with E-state index >= 15 is 0 Å². The normalized spacial score (nSPS) is 8.12. The molecule has 8 heavy (non-hydrogen) atoms. The van der Waals surface area contributed by atoms with Gasteiger partial charge in [0, 0.05) is 15.9 Å². The number of thiophene rings is 1. The van der Waals surface area contributed by atoms with Crippen molar-refractivity contribution in [2.75, 3.05) is 0 Å². The number of hydrogen-bond donors (Lipinski definition) is 1. The van der Waals surface area contributed by atoms with Gasteiger partial charge in [0.1, 0.15) is 0 Å². The molecule has 0 aliphatic carbocycles. The van der Waals surface area contributed by atoms with Gasteiger partial charge < -0.3 is 5.11 Å². The van der Waals surface area contributed by atoms with Crippen molar-refractivity contribution in [3.8, 4) is 5.06 Å². The topological polar surface area (TPSA) is 20.2 Å². The SMILES string of the molecule is C.Oc1cc(Br)cs1. The molecule has 0 unspecified atom stereocenters. The van der Waals surface area contributed by atoms with E-state index in [0.29, 0.717) is 5.06 Å². The second-order valence-corrected chi connectivity index (χ2v) is 2.91. The summed E-state index contributed by atoms with van der Waals surface area (Å²) in [5.74, 6) is 0. The summed E-state index contributed by atoms with van der Waals surface area (Å²) in [5, 5.41) is 10.8. The van der Waals surface area contributed by atoms with Crippen molar-refractivity contribution in [3.05, 3.63) is 15.9 Å². The Balaban J connectivity index is 0.000000490. The molecule has 1 aromatic rings. The van der Waals surface area contributed by atoms with Crippen LogP contribution < -0.4 is 0 Å². The summed E-state index contributed by atoms with van der Waals surface area (Å²) in [6.07, 6.45) is 0. The van der Waals surface area contributed by atoms with Crippen molar-refractivity contribution in [1.29, 1.82) is 0 Å². The Bertz CT molecular complexity index is 145. The highest BCUT2D eigenvalue weighted by molar-refractivity contribution is 9.10. The highest BCUT2D eigenvalue weighted by atomic mass is 79.9. The third kappa shape index (κ3) is 1.84. The molecule has 0 spiro atoms. The van der Waals surface area contributed by atoms with E-state index in [4.69, 9.17) is 5.11 Å². The van der Waals surface area contributed by atoms with Gasteiger partial charge in [-0.25, -0.2) is 0 Å². The van der Waals surface area contributed by atoms with E-state index in [0.717, 1.165) is 4.47 Å². The first-order valence-electron chi connectivity index (χ1n) is 1.72. The minimum Gasteiger partial charge on any atom is -0.499 e. The third-order valence-corrected chi connectivity index (χ3v) is 2.05. The van der Waals surface area contributed by atoms with Crippen LogP contribution in [0.25, 0.3) is 0 Å². The van der Waals surface area contributed by atoms with Gasteiger partial charge >= 0.3 is 0 Å². The molecule has 0 aliphatic heterocycles. The fourth-order valence-electron chi connectivity index (χ4n) is 0.303. The zero-order valence-corrected chi connectivity index (χ0v) is 5.79. The first-order chi connectivity index (χ1) is 3.29. The molecule has 0 fully saturated rings. The molecule has 0 saturated carbocycles. The molecule has 1 N–H and O–H groups in total. The molecule has 3 heteroatoms. The van der Waals surface area contributed by atoms with Gasteiger partial charge in [-0.15, -0.1) is 11.3 Å². The summed E-state index contributed by atoms with van der Waals surface area (Å²) in [4.78, 5) is 0. The Morgan fingerprint density at radius 2 is 2.25 bits per heavy atom. The molecule has 0 saturated heterocycles. The highest BCUT2D eigenvalue weighted by Gasteiger charge is 1.88. The van der Waals surface area contributed by atoms with Crippen LogP contribution in [0.5, 0.6) is 5.06 Å². The molecule has 1 heterocycles. The Labute approximate surface area is 61.1 Å². The van der Waals surface area contributed by atoms with Crippen LogP contribution in [0.2, 0.25) is 0 Å². The Morgan fingerprint density at radius 1 is 1.62 bits per heavy atom. The average Bonchev–Trinajstić information content (AvgIpc) is 1.87. The van der Waals surface area contributed by atoms with Crippen LogP contribution in [0.3, 0.4) is 0 Å². The van der Waals surface area contributed by atoms with Gasteiger partial charge in [0.05, 0.1) is 0 Å². The van der Waals surface area contributed by atoms with E-state index in [9.17, 15) is 0 Å². The largest absolute Gasteiger partial charge is 0.499 e. The van der Waals surface area contributed by atoms with Crippen molar-refractivity contribution >= 4 is 27.3 Å². The first-order valence-corrected chi connectivity index (χ1v) is 3.39. The molecule has 0 radical (unpaired) electrons. The van der Waals surface area contributed by atoms with E-state index in [1.165, 1.54) is 11.3 Å². The van der Waals surface area contributed by atoms with Crippen molar-refractivity contribution < 1.29 is 5.11 Å². The molecule has 0 aliphatic rings. The monoisotopic (exact) mass is 194 g/mol. The lowest BCUT2D eigenvalue weighted by molar-refractivity contribution is 0.491. The number of aromatic hydroxyl groups is 1. The minimum absolute atomic E-state index is 0.